The first-order valence-electron chi connectivity index (χ1n) is 12.2. The van der Waals surface area contributed by atoms with E-state index in [1.807, 2.05) is 13.0 Å². The van der Waals surface area contributed by atoms with Gasteiger partial charge >= 0.3 is 0 Å². The predicted octanol–water partition coefficient (Wildman–Crippen LogP) is 7.69. The van der Waals surface area contributed by atoms with Gasteiger partial charge in [-0.05, 0) is 86.3 Å². The van der Waals surface area contributed by atoms with Gasteiger partial charge in [-0.25, -0.2) is 8.78 Å². The molecule has 5 atom stereocenters. The number of benzene rings is 1. The normalized spacial score (nSPS) is 31.5. The van der Waals surface area contributed by atoms with Crippen molar-refractivity contribution in [3.05, 3.63) is 34.4 Å². The second-order valence-corrected chi connectivity index (χ2v) is 10.1. The lowest BCUT2D eigenvalue weighted by molar-refractivity contribution is 0.0914. The zero-order valence-electron chi connectivity index (χ0n) is 18.3. The number of fused-ring (bicyclic) bond motifs is 1. The van der Waals surface area contributed by atoms with E-state index in [1.165, 1.54) is 64.2 Å². The number of halogens is 2. The molecule has 1 aromatic rings. The Morgan fingerprint density at radius 3 is 2.21 bits per heavy atom. The predicted molar refractivity (Wildman–Crippen MR) is 114 cm³/mol. The summed E-state index contributed by atoms with van der Waals surface area (Å²) >= 11 is 0. The van der Waals surface area contributed by atoms with Gasteiger partial charge in [-0.2, -0.15) is 0 Å². The standard InChI is InChI=1S/C26H38F2O/c1-3-4-5-6-18-7-10-21-15-19(8-11-20(21)14-18)9-12-22-17(2)13-23(24-16-29-24)26(28)25(22)27/h13,18-21,24H,3-12,14-16H2,1-2H3/t18?,19?,20?,21?,24-/m0/s1. The molecule has 29 heavy (non-hydrogen) atoms. The zero-order chi connectivity index (χ0) is 20.4. The summed E-state index contributed by atoms with van der Waals surface area (Å²) in [6.45, 7) is 4.72. The van der Waals surface area contributed by atoms with Gasteiger partial charge in [-0.1, -0.05) is 45.4 Å². The third-order valence-corrected chi connectivity index (χ3v) is 8.09. The molecule has 1 aliphatic heterocycles. The summed E-state index contributed by atoms with van der Waals surface area (Å²) in [5.41, 5.74) is 1.88. The van der Waals surface area contributed by atoms with E-state index in [0.29, 0.717) is 30.1 Å². The first kappa shape index (κ1) is 21.3. The Morgan fingerprint density at radius 1 is 0.931 bits per heavy atom. The van der Waals surface area contributed by atoms with E-state index < -0.39 is 11.6 Å². The molecule has 3 fully saturated rings. The fourth-order valence-electron chi connectivity index (χ4n) is 6.22. The quantitative estimate of drug-likeness (QED) is 0.319. The van der Waals surface area contributed by atoms with Gasteiger partial charge in [-0.3, -0.25) is 0 Å². The highest BCUT2D eigenvalue weighted by atomic mass is 19.2. The molecule has 0 N–H and O–H groups in total. The van der Waals surface area contributed by atoms with Crippen molar-refractivity contribution in [2.75, 3.05) is 6.61 Å². The molecule has 0 radical (unpaired) electrons. The largest absolute Gasteiger partial charge is 0.368 e. The van der Waals surface area contributed by atoms with Crippen LogP contribution in [0.1, 0.15) is 100 Å². The summed E-state index contributed by atoms with van der Waals surface area (Å²) in [4.78, 5) is 0. The van der Waals surface area contributed by atoms with Crippen LogP contribution in [0.5, 0.6) is 0 Å². The Labute approximate surface area is 175 Å². The molecule has 162 valence electrons. The summed E-state index contributed by atoms with van der Waals surface area (Å²) in [7, 11) is 0. The van der Waals surface area contributed by atoms with Crippen molar-refractivity contribution in [2.24, 2.45) is 23.7 Å². The summed E-state index contributed by atoms with van der Waals surface area (Å²) in [5.74, 6) is 2.15. The molecule has 2 aliphatic carbocycles. The van der Waals surface area contributed by atoms with Crippen molar-refractivity contribution >= 4 is 0 Å². The van der Waals surface area contributed by atoms with Crippen LogP contribution in [0.4, 0.5) is 8.78 Å². The number of rotatable bonds is 8. The van der Waals surface area contributed by atoms with Crippen LogP contribution in [-0.4, -0.2) is 6.61 Å². The van der Waals surface area contributed by atoms with E-state index in [9.17, 15) is 8.78 Å². The maximum absolute atomic E-state index is 14.7. The molecule has 0 aromatic heterocycles. The van der Waals surface area contributed by atoms with E-state index >= 15 is 0 Å². The molecule has 0 spiro atoms. The van der Waals surface area contributed by atoms with Crippen LogP contribution >= 0.6 is 0 Å². The van der Waals surface area contributed by atoms with Gasteiger partial charge in [-0.15, -0.1) is 0 Å². The van der Waals surface area contributed by atoms with Crippen molar-refractivity contribution in [3.8, 4) is 0 Å². The molecule has 1 nitrogen and oxygen atoms in total. The van der Waals surface area contributed by atoms with Crippen LogP contribution in [0.2, 0.25) is 0 Å². The molecule has 1 saturated heterocycles. The Morgan fingerprint density at radius 2 is 1.59 bits per heavy atom. The van der Waals surface area contributed by atoms with Gasteiger partial charge in [0.05, 0.1) is 6.61 Å². The Bertz CT molecular complexity index is 696. The highest BCUT2D eigenvalue weighted by molar-refractivity contribution is 5.36. The molecular weight excluding hydrogens is 366 g/mol. The molecule has 0 amide bonds. The second kappa shape index (κ2) is 9.45. The zero-order valence-corrected chi connectivity index (χ0v) is 18.3. The van der Waals surface area contributed by atoms with E-state index in [1.54, 1.807) is 0 Å². The van der Waals surface area contributed by atoms with Crippen LogP contribution in [0.25, 0.3) is 0 Å². The molecule has 0 bridgehead atoms. The van der Waals surface area contributed by atoms with Crippen molar-refractivity contribution < 1.29 is 13.5 Å². The first-order valence-corrected chi connectivity index (χ1v) is 12.2. The minimum absolute atomic E-state index is 0.232. The second-order valence-electron chi connectivity index (χ2n) is 10.1. The lowest BCUT2D eigenvalue weighted by Gasteiger charge is -2.42. The van der Waals surface area contributed by atoms with Crippen molar-refractivity contribution in [2.45, 2.75) is 97.0 Å². The van der Waals surface area contributed by atoms with Gasteiger partial charge in [0.25, 0.3) is 0 Å². The molecular formula is C26H38F2O. The maximum atomic E-state index is 14.7. The topological polar surface area (TPSA) is 12.5 Å². The summed E-state index contributed by atoms with van der Waals surface area (Å²) in [6.07, 6.45) is 15.2. The summed E-state index contributed by atoms with van der Waals surface area (Å²) < 4.78 is 34.2. The lowest BCUT2D eigenvalue weighted by atomic mass is 9.63. The SMILES string of the molecule is CCCCCC1CCC2CC(CCc3c(C)cc([C@@H]4CO4)c(F)c3F)CCC2C1. The smallest absolute Gasteiger partial charge is 0.165 e. The Balaban J connectivity index is 1.29. The minimum Gasteiger partial charge on any atom is -0.368 e. The monoisotopic (exact) mass is 404 g/mol. The maximum Gasteiger partial charge on any atom is 0.165 e. The van der Waals surface area contributed by atoms with Gasteiger partial charge in [0.2, 0.25) is 0 Å². The van der Waals surface area contributed by atoms with Gasteiger partial charge in [0.15, 0.2) is 11.6 Å². The lowest BCUT2D eigenvalue weighted by Crippen LogP contribution is -2.31. The van der Waals surface area contributed by atoms with Gasteiger partial charge in [0.1, 0.15) is 6.10 Å². The number of aryl methyl sites for hydroxylation is 1. The average Bonchev–Trinajstić information content (AvgIpc) is 3.56. The van der Waals surface area contributed by atoms with Gasteiger partial charge < -0.3 is 4.74 Å². The van der Waals surface area contributed by atoms with Crippen LogP contribution in [0.3, 0.4) is 0 Å². The van der Waals surface area contributed by atoms with E-state index in [0.717, 1.165) is 29.7 Å². The molecule has 1 aromatic carbocycles. The molecule has 4 unspecified atom stereocenters. The van der Waals surface area contributed by atoms with Crippen molar-refractivity contribution in [1.29, 1.82) is 0 Å². The number of hydrogen-bond acceptors (Lipinski definition) is 1. The molecule has 2 saturated carbocycles. The molecule has 3 aliphatic rings. The summed E-state index contributed by atoms with van der Waals surface area (Å²) in [5, 5.41) is 0. The fourth-order valence-corrected chi connectivity index (χ4v) is 6.22. The van der Waals surface area contributed by atoms with Crippen LogP contribution < -0.4 is 0 Å². The Kier molecular flexibility index (Phi) is 6.94. The number of epoxide rings is 1. The van der Waals surface area contributed by atoms with Crippen molar-refractivity contribution in [1.82, 2.24) is 0 Å². The summed E-state index contributed by atoms with van der Waals surface area (Å²) in [6, 6.07) is 1.81. The third-order valence-electron chi connectivity index (χ3n) is 8.09. The van der Waals surface area contributed by atoms with Crippen LogP contribution in [0, 0.1) is 42.2 Å². The number of unbranched alkanes of at least 4 members (excludes halogenated alkanes) is 2. The molecule has 1 heterocycles. The Hall–Kier alpha value is -0.960. The number of hydrogen-bond donors (Lipinski definition) is 0. The van der Waals surface area contributed by atoms with E-state index in [2.05, 4.69) is 6.92 Å². The minimum atomic E-state index is -0.682. The highest BCUT2D eigenvalue weighted by Crippen LogP contribution is 2.47. The fraction of sp³-hybridized carbons (Fsp3) is 0.769. The van der Waals surface area contributed by atoms with Crippen LogP contribution in [-0.2, 0) is 11.2 Å². The van der Waals surface area contributed by atoms with Crippen molar-refractivity contribution in [3.63, 3.8) is 0 Å². The van der Waals surface area contributed by atoms with Crippen LogP contribution in [0.15, 0.2) is 6.07 Å². The third kappa shape index (κ3) is 5.03. The molecule has 3 heteroatoms. The molecule has 4 rings (SSSR count). The highest BCUT2D eigenvalue weighted by Gasteiger charge is 2.35. The van der Waals surface area contributed by atoms with E-state index in [-0.39, 0.29) is 6.10 Å². The number of ether oxygens (including phenoxy) is 1. The van der Waals surface area contributed by atoms with Gasteiger partial charge in [0, 0.05) is 5.56 Å². The van der Waals surface area contributed by atoms with E-state index in [4.69, 9.17) is 4.74 Å². The first-order chi connectivity index (χ1) is 14.1. The average molecular weight is 405 g/mol.